The van der Waals surface area contributed by atoms with Crippen molar-refractivity contribution < 1.29 is 4.74 Å². The smallest absolute Gasteiger partial charge is 0.267 e. The average Bonchev–Trinajstić information content (AvgIpc) is 2.99. The van der Waals surface area contributed by atoms with E-state index in [4.69, 9.17) is 26.3 Å². The minimum absolute atomic E-state index is 0.177. The zero-order valence-corrected chi connectivity index (χ0v) is 22.9. The largest absolute Gasteiger partial charge is 0.497 e. The maximum atomic E-state index is 13.7. The first-order valence-electron chi connectivity index (χ1n) is 12.8. The highest BCUT2D eigenvalue weighted by atomic mass is 35.5. The number of fused-ring (bicyclic) bond motifs is 2. The van der Waals surface area contributed by atoms with Gasteiger partial charge in [0.25, 0.3) is 5.56 Å². The lowest BCUT2D eigenvalue weighted by molar-refractivity contribution is 0.414. The van der Waals surface area contributed by atoms with Gasteiger partial charge in [-0.2, -0.15) is 4.98 Å². The Morgan fingerprint density at radius 1 is 1.00 bits per heavy atom. The quantitative estimate of drug-likeness (QED) is 0.294. The van der Waals surface area contributed by atoms with Gasteiger partial charge < -0.3 is 14.6 Å². The molecule has 0 fully saturated rings. The van der Waals surface area contributed by atoms with Crippen molar-refractivity contribution in [2.75, 3.05) is 12.4 Å². The molecule has 4 heterocycles. The Morgan fingerprint density at radius 3 is 2.59 bits per heavy atom. The highest BCUT2D eigenvalue weighted by Gasteiger charge is 2.20. The number of anilines is 1. The Balaban J connectivity index is 1.42. The van der Waals surface area contributed by atoms with Gasteiger partial charge in [0.15, 0.2) is 5.43 Å². The first-order valence-corrected chi connectivity index (χ1v) is 13.2. The molecule has 2 aromatic carbocycles. The minimum Gasteiger partial charge on any atom is -0.497 e. The van der Waals surface area contributed by atoms with Crippen LogP contribution in [0.3, 0.4) is 0 Å². The fourth-order valence-electron chi connectivity index (χ4n) is 4.70. The predicted molar refractivity (Wildman–Crippen MR) is 158 cm³/mol. The van der Waals surface area contributed by atoms with Gasteiger partial charge in [0, 0.05) is 31.2 Å². The Labute approximate surface area is 238 Å². The molecule has 41 heavy (non-hydrogen) atoms. The number of hydrogen-bond acceptors (Lipinski definition) is 8. The van der Waals surface area contributed by atoms with E-state index in [2.05, 4.69) is 15.3 Å². The van der Waals surface area contributed by atoms with Crippen LogP contribution in [0, 0.1) is 0 Å². The lowest BCUT2D eigenvalue weighted by atomic mass is 10.2. The molecule has 4 aromatic heterocycles. The zero-order valence-electron chi connectivity index (χ0n) is 22.2. The third-order valence-corrected chi connectivity index (χ3v) is 7.05. The number of hydrogen-bond donors (Lipinski definition) is 1. The van der Waals surface area contributed by atoms with E-state index in [1.165, 1.54) is 16.8 Å². The summed E-state index contributed by atoms with van der Waals surface area (Å²) in [7, 11) is 1.62. The van der Waals surface area contributed by atoms with Gasteiger partial charge in [-0.05, 0) is 48.9 Å². The van der Waals surface area contributed by atoms with Crippen LogP contribution in [-0.2, 0) is 6.54 Å². The summed E-state index contributed by atoms with van der Waals surface area (Å²) in [5.41, 5.74) is 2.01. The van der Waals surface area contributed by atoms with Gasteiger partial charge in [0.1, 0.15) is 17.2 Å². The van der Waals surface area contributed by atoms with Gasteiger partial charge in [0.05, 0.1) is 46.3 Å². The number of ether oxygens (including phenoxy) is 1. The summed E-state index contributed by atoms with van der Waals surface area (Å²) < 4.78 is 8.63. The summed E-state index contributed by atoms with van der Waals surface area (Å²) in [5.74, 6) is 1.46. The molecular weight excluding hydrogens is 542 g/mol. The standard InChI is InChI=1S/C30H24ClN7O3/c1-18(27-35-24-7-3-6-23(31)26(24)29(40)38(27)20-5-4-13-32-15-20)34-30-33-16-22-25(39)12-14-37(28(22)36-30)17-19-8-10-21(41-2)11-9-19/h3-16,18H,17H2,1-2H3,(H,33,34,36). The molecule has 11 heteroatoms. The minimum atomic E-state index is -0.519. The molecule has 0 aliphatic carbocycles. The summed E-state index contributed by atoms with van der Waals surface area (Å²) >= 11 is 6.40. The van der Waals surface area contributed by atoms with Crippen molar-refractivity contribution >= 4 is 39.5 Å². The van der Waals surface area contributed by atoms with Crippen molar-refractivity contribution in [3.8, 4) is 11.4 Å². The number of benzene rings is 2. The van der Waals surface area contributed by atoms with Crippen LogP contribution in [0.15, 0.2) is 95.0 Å². The lowest BCUT2D eigenvalue weighted by Crippen LogP contribution is -2.28. The zero-order chi connectivity index (χ0) is 28.5. The van der Waals surface area contributed by atoms with Gasteiger partial charge in [-0.3, -0.25) is 19.1 Å². The first kappa shape index (κ1) is 26.1. The van der Waals surface area contributed by atoms with E-state index in [-0.39, 0.29) is 16.9 Å². The fourth-order valence-corrected chi connectivity index (χ4v) is 4.95. The number of halogens is 1. The summed E-state index contributed by atoms with van der Waals surface area (Å²) in [4.78, 5) is 44.4. The molecule has 0 radical (unpaired) electrons. The van der Waals surface area contributed by atoms with Crippen molar-refractivity contribution in [3.63, 3.8) is 0 Å². The van der Waals surface area contributed by atoms with Gasteiger partial charge >= 0.3 is 0 Å². The monoisotopic (exact) mass is 565 g/mol. The third kappa shape index (κ3) is 5.01. The number of pyridine rings is 2. The van der Waals surface area contributed by atoms with Gasteiger partial charge in [-0.15, -0.1) is 0 Å². The molecule has 0 amide bonds. The molecule has 10 nitrogen and oxygen atoms in total. The summed E-state index contributed by atoms with van der Waals surface area (Å²) in [5, 5.41) is 4.29. The van der Waals surface area contributed by atoms with E-state index in [0.717, 1.165) is 11.3 Å². The lowest BCUT2D eigenvalue weighted by Gasteiger charge is -2.20. The van der Waals surface area contributed by atoms with E-state index < -0.39 is 6.04 Å². The van der Waals surface area contributed by atoms with Crippen molar-refractivity contribution in [1.29, 1.82) is 0 Å². The molecule has 6 aromatic rings. The van der Waals surface area contributed by atoms with Crippen LogP contribution in [-0.4, -0.2) is 36.2 Å². The number of nitrogens with one attached hydrogen (secondary N) is 1. The van der Waals surface area contributed by atoms with E-state index in [9.17, 15) is 9.59 Å². The summed E-state index contributed by atoms with van der Waals surface area (Å²) in [6.07, 6.45) is 6.44. The second-order valence-corrected chi connectivity index (χ2v) is 9.82. The van der Waals surface area contributed by atoms with Gasteiger partial charge in [-0.25, -0.2) is 9.97 Å². The number of nitrogens with zero attached hydrogens (tertiary/aromatic N) is 6. The van der Waals surface area contributed by atoms with Gasteiger partial charge in [-0.1, -0.05) is 29.8 Å². The van der Waals surface area contributed by atoms with Crippen molar-refractivity contribution in [2.45, 2.75) is 19.5 Å². The molecule has 0 spiro atoms. The molecule has 0 aliphatic heterocycles. The Hall–Kier alpha value is -5.09. The predicted octanol–water partition coefficient (Wildman–Crippen LogP) is 4.77. The maximum absolute atomic E-state index is 13.7. The van der Waals surface area contributed by atoms with Crippen LogP contribution in [0.2, 0.25) is 5.02 Å². The average molecular weight is 566 g/mol. The molecule has 6 rings (SSSR count). The van der Waals surface area contributed by atoms with Crippen LogP contribution in [0.1, 0.15) is 24.4 Å². The maximum Gasteiger partial charge on any atom is 0.267 e. The van der Waals surface area contributed by atoms with Crippen molar-refractivity contribution in [2.24, 2.45) is 0 Å². The Kier molecular flexibility index (Phi) is 6.90. The van der Waals surface area contributed by atoms with Crippen LogP contribution in [0.5, 0.6) is 5.75 Å². The molecule has 1 N–H and O–H groups in total. The third-order valence-electron chi connectivity index (χ3n) is 6.73. The van der Waals surface area contributed by atoms with Crippen LogP contribution < -0.4 is 21.0 Å². The first-order chi connectivity index (χ1) is 19.9. The molecule has 0 saturated heterocycles. The van der Waals surface area contributed by atoms with Crippen molar-refractivity contribution in [3.05, 3.63) is 122 Å². The summed E-state index contributed by atoms with van der Waals surface area (Å²) in [6.45, 7) is 2.34. The Bertz CT molecular complexity index is 2010. The second kappa shape index (κ2) is 10.8. The number of aromatic nitrogens is 6. The Morgan fingerprint density at radius 2 is 1.83 bits per heavy atom. The number of rotatable bonds is 7. The van der Waals surface area contributed by atoms with Crippen LogP contribution in [0.4, 0.5) is 5.95 Å². The molecule has 1 unspecified atom stereocenters. The molecule has 204 valence electrons. The highest BCUT2D eigenvalue weighted by molar-refractivity contribution is 6.35. The summed E-state index contributed by atoms with van der Waals surface area (Å²) in [6, 6.07) is 17.4. The van der Waals surface area contributed by atoms with Gasteiger partial charge in [0.2, 0.25) is 5.95 Å². The van der Waals surface area contributed by atoms with E-state index >= 15 is 0 Å². The topological polar surface area (TPSA) is 117 Å². The normalized spacial score (nSPS) is 12.0. The van der Waals surface area contributed by atoms with Crippen LogP contribution >= 0.6 is 11.6 Å². The van der Waals surface area contributed by atoms with E-state index in [0.29, 0.717) is 45.0 Å². The molecule has 0 aliphatic rings. The molecule has 1 atom stereocenters. The van der Waals surface area contributed by atoms with E-state index in [1.54, 1.807) is 56.0 Å². The van der Waals surface area contributed by atoms with E-state index in [1.807, 2.05) is 35.8 Å². The molecule has 0 bridgehead atoms. The second-order valence-electron chi connectivity index (χ2n) is 9.41. The SMILES string of the molecule is COc1ccc(Cn2ccc(=O)c3cnc(NC(C)c4nc5cccc(Cl)c5c(=O)n4-c4cccnc4)nc32)cc1. The van der Waals surface area contributed by atoms with Crippen LogP contribution in [0.25, 0.3) is 27.6 Å². The number of methoxy groups -OCH3 is 1. The van der Waals surface area contributed by atoms with Crippen molar-refractivity contribution in [1.82, 2.24) is 29.1 Å². The molecule has 0 saturated carbocycles. The fraction of sp³-hybridized carbons (Fsp3) is 0.133. The molecular formula is C30H24ClN7O3. The highest BCUT2D eigenvalue weighted by Crippen LogP contribution is 2.24.